The van der Waals surface area contributed by atoms with Crippen molar-refractivity contribution in [3.8, 4) is 0 Å². The van der Waals surface area contributed by atoms with Gasteiger partial charge in [0.25, 0.3) is 15.9 Å². The lowest BCUT2D eigenvalue weighted by atomic mass is 9.96. The van der Waals surface area contributed by atoms with Gasteiger partial charge in [0.2, 0.25) is 0 Å². The molecule has 2 fully saturated rings. The molecule has 140 valence electrons. The van der Waals surface area contributed by atoms with Crippen LogP contribution in [0.1, 0.15) is 62.2 Å². The maximum Gasteiger partial charge on any atom is 0.254 e. The molecule has 0 N–H and O–H groups in total. The number of thiophene rings is 1. The minimum atomic E-state index is -3.51. The molecule has 1 aromatic heterocycles. The summed E-state index contributed by atoms with van der Waals surface area (Å²) in [5.41, 5.74) is 0.509. The van der Waals surface area contributed by atoms with Crippen molar-refractivity contribution in [3.05, 3.63) is 17.0 Å². The molecule has 1 aliphatic heterocycles. The monoisotopic (exact) mass is 384 g/mol. The molecule has 1 saturated carbocycles. The molecule has 1 amide bonds. The predicted octanol–water partition coefficient (Wildman–Crippen LogP) is 3.57. The molecular formula is C18H28N2O3S2. The highest BCUT2D eigenvalue weighted by atomic mass is 32.2. The number of rotatable bonds is 4. The third-order valence-corrected chi connectivity index (χ3v) is 8.94. The fourth-order valence-electron chi connectivity index (χ4n) is 3.74. The summed E-state index contributed by atoms with van der Waals surface area (Å²) < 4.78 is 27.6. The first-order valence-electron chi connectivity index (χ1n) is 9.25. The Balaban J connectivity index is 1.72. The molecule has 3 rings (SSSR count). The minimum absolute atomic E-state index is 0.0371. The van der Waals surface area contributed by atoms with Crippen molar-refractivity contribution in [1.29, 1.82) is 0 Å². The maximum atomic E-state index is 12.9. The van der Waals surface area contributed by atoms with Gasteiger partial charge in [0, 0.05) is 31.6 Å². The van der Waals surface area contributed by atoms with Gasteiger partial charge in [-0.2, -0.15) is 4.31 Å². The average Bonchev–Trinajstić information content (AvgIpc) is 3.13. The Hall–Kier alpha value is -0.920. The van der Waals surface area contributed by atoms with Gasteiger partial charge in [0.1, 0.15) is 4.21 Å². The Morgan fingerprint density at radius 1 is 1.16 bits per heavy atom. The lowest BCUT2D eigenvalue weighted by Crippen LogP contribution is -2.38. The highest BCUT2D eigenvalue weighted by Gasteiger charge is 2.31. The van der Waals surface area contributed by atoms with E-state index in [-0.39, 0.29) is 16.2 Å². The molecule has 0 unspecified atom stereocenters. The van der Waals surface area contributed by atoms with E-state index in [4.69, 9.17) is 0 Å². The van der Waals surface area contributed by atoms with Crippen LogP contribution in [0.25, 0.3) is 0 Å². The minimum Gasteiger partial charge on any atom is -0.339 e. The lowest BCUT2D eigenvalue weighted by molar-refractivity contribution is 0.0697. The summed E-state index contributed by atoms with van der Waals surface area (Å²) in [6.45, 7) is 3.73. The van der Waals surface area contributed by atoms with Crippen LogP contribution in [0.2, 0.25) is 0 Å². The summed E-state index contributed by atoms with van der Waals surface area (Å²) in [6, 6.07) is 1.66. The van der Waals surface area contributed by atoms with E-state index in [1.54, 1.807) is 18.5 Å². The van der Waals surface area contributed by atoms with Crippen molar-refractivity contribution in [1.82, 2.24) is 9.21 Å². The van der Waals surface area contributed by atoms with E-state index in [9.17, 15) is 13.2 Å². The van der Waals surface area contributed by atoms with E-state index in [0.29, 0.717) is 11.5 Å². The van der Waals surface area contributed by atoms with Gasteiger partial charge in [-0.25, -0.2) is 8.42 Å². The van der Waals surface area contributed by atoms with Crippen LogP contribution in [0.15, 0.2) is 15.7 Å². The normalized spacial score (nSPS) is 21.0. The van der Waals surface area contributed by atoms with Crippen LogP contribution in [-0.2, 0) is 10.0 Å². The predicted molar refractivity (Wildman–Crippen MR) is 100 cm³/mol. The third kappa shape index (κ3) is 4.09. The molecule has 25 heavy (non-hydrogen) atoms. The second-order valence-corrected chi connectivity index (χ2v) is 10.6. The van der Waals surface area contributed by atoms with Gasteiger partial charge in [0.05, 0.1) is 5.56 Å². The second kappa shape index (κ2) is 7.76. The number of sulfonamides is 1. The first-order valence-corrected chi connectivity index (χ1v) is 11.6. The first kappa shape index (κ1) is 18.9. The number of piperidine rings is 1. The van der Waals surface area contributed by atoms with Crippen LogP contribution in [0.5, 0.6) is 0 Å². The molecule has 5 nitrogen and oxygen atoms in total. The van der Waals surface area contributed by atoms with E-state index in [0.717, 1.165) is 63.0 Å². The Morgan fingerprint density at radius 3 is 2.44 bits per heavy atom. The standard InChI is InChI=1S/C18H28N2O3S2/c1-14-8-10-20(11-9-14)18(21)15-12-17(24-13-15)25(22,23)19(2)16-6-4-3-5-7-16/h12-14,16H,3-11H2,1-2H3. The number of amides is 1. The largest absolute Gasteiger partial charge is 0.339 e. The SMILES string of the molecule is CC1CCN(C(=O)c2csc(S(=O)(=O)N(C)C3CCCCC3)c2)CC1. The molecule has 0 bridgehead atoms. The van der Waals surface area contributed by atoms with Gasteiger partial charge in [-0.15, -0.1) is 11.3 Å². The molecule has 1 aliphatic carbocycles. The molecule has 2 aliphatic rings. The van der Waals surface area contributed by atoms with Gasteiger partial charge in [-0.3, -0.25) is 4.79 Å². The summed E-state index contributed by atoms with van der Waals surface area (Å²) in [5, 5.41) is 1.70. The zero-order valence-corrected chi connectivity index (χ0v) is 16.7. The maximum absolute atomic E-state index is 12.9. The second-order valence-electron chi connectivity index (χ2n) is 7.44. The van der Waals surface area contributed by atoms with Gasteiger partial charge in [0.15, 0.2) is 0 Å². The van der Waals surface area contributed by atoms with Crippen molar-refractivity contribution < 1.29 is 13.2 Å². The van der Waals surface area contributed by atoms with Crippen LogP contribution in [0, 0.1) is 5.92 Å². The molecule has 7 heteroatoms. The first-order chi connectivity index (χ1) is 11.9. The average molecular weight is 385 g/mol. The van der Waals surface area contributed by atoms with Crippen LogP contribution in [0.4, 0.5) is 0 Å². The molecule has 2 heterocycles. The van der Waals surface area contributed by atoms with Crippen LogP contribution < -0.4 is 0 Å². The van der Waals surface area contributed by atoms with Crippen molar-refractivity contribution >= 4 is 27.3 Å². The fraction of sp³-hybridized carbons (Fsp3) is 0.722. The van der Waals surface area contributed by atoms with Gasteiger partial charge < -0.3 is 4.90 Å². The van der Waals surface area contributed by atoms with Gasteiger partial charge in [-0.1, -0.05) is 26.2 Å². The Bertz CT molecular complexity index is 700. The molecule has 0 spiro atoms. The van der Waals surface area contributed by atoms with Crippen LogP contribution >= 0.6 is 11.3 Å². The van der Waals surface area contributed by atoms with Crippen molar-refractivity contribution in [2.75, 3.05) is 20.1 Å². The van der Waals surface area contributed by atoms with E-state index in [1.165, 1.54) is 10.7 Å². The Labute approximate surface area is 155 Å². The molecule has 0 aromatic carbocycles. The van der Waals surface area contributed by atoms with Crippen LogP contribution in [0.3, 0.4) is 0 Å². The van der Waals surface area contributed by atoms with E-state index in [2.05, 4.69) is 6.92 Å². The highest BCUT2D eigenvalue weighted by Crippen LogP contribution is 2.30. The number of hydrogen-bond acceptors (Lipinski definition) is 4. The summed E-state index contributed by atoms with van der Waals surface area (Å²) in [4.78, 5) is 14.5. The fourth-order valence-corrected chi connectivity index (χ4v) is 6.49. The van der Waals surface area contributed by atoms with Crippen molar-refractivity contribution in [3.63, 3.8) is 0 Å². The Kier molecular flexibility index (Phi) is 5.85. The topological polar surface area (TPSA) is 57.7 Å². The summed E-state index contributed by atoms with van der Waals surface area (Å²) in [7, 11) is -1.83. The summed E-state index contributed by atoms with van der Waals surface area (Å²) in [5.74, 6) is 0.622. The molecule has 0 atom stereocenters. The summed E-state index contributed by atoms with van der Waals surface area (Å²) in [6.07, 6.45) is 7.27. The molecular weight excluding hydrogens is 356 g/mol. The van der Waals surface area contributed by atoms with Crippen molar-refractivity contribution in [2.45, 2.75) is 62.1 Å². The molecule has 1 aromatic rings. The lowest BCUT2D eigenvalue weighted by Gasteiger charge is -2.30. The zero-order valence-electron chi connectivity index (χ0n) is 15.1. The third-order valence-electron chi connectivity index (χ3n) is 5.62. The quantitative estimate of drug-likeness (QED) is 0.797. The molecule has 1 saturated heterocycles. The number of nitrogens with zero attached hydrogens (tertiary/aromatic N) is 2. The Morgan fingerprint density at radius 2 is 1.80 bits per heavy atom. The van der Waals surface area contributed by atoms with E-state index < -0.39 is 10.0 Å². The number of likely N-dealkylation sites (tertiary alicyclic amines) is 1. The van der Waals surface area contributed by atoms with Gasteiger partial charge in [-0.05, 0) is 37.7 Å². The number of carbonyl (C=O) groups excluding carboxylic acids is 1. The molecule has 0 radical (unpaired) electrons. The number of hydrogen-bond donors (Lipinski definition) is 0. The highest BCUT2D eigenvalue weighted by molar-refractivity contribution is 7.91. The zero-order chi connectivity index (χ0) is 18.0. The van der Waals surface area contributed by atoms with Crippen molar-refractivity contribution in [2.24, 2.45) is 5.92 Å². The smallest absolute Gasteiger partial charge is 0.254 e. The van der Waals surface area contributed by atoms with E-state index >= 15 is 0 Å². The number of carbonyl (C=O) groups is 1. The van der Waals surface area contributed by atoms with Crippen LogP contribution in [-0.4, -0.2) is 49.7 Å². The summed E-state index contributed by atoms with van der Waals surface area (Å²) >= 11 is 1.16. The van der Waals surface area contributed by atoms with Gasteiger partial charge >= 0.3 is 0 Å². The van der Waals surface area contributed by atoms with E-state index in [1.807, 2.05) is 4.90 Å².